The van der Waals surface area contributed by atoms with E-state index in [1.54, 1.807) is 0 Å². The monoisotopic (exact) mass is 199 g/mol. The van der Waals surface area contributed by atoms with Gasteiger partial charge in [-0.2, -0.15) is 0 Å². The summed E-state index contributed by atoms with van der Waals surface area (Å²) in [5.41, 5.74) is 0. The molecule has 0 bridgehead atoms. The first kappa shape index (κ1) is 11.5. The van der Waals surface area contributed by atoms with E-state index in [0.717, 1.165) is 12.8 Å². The van der Waals surface area contributed by atoms with Crippen LogP contribution in [0.5, 0.6) is 0 Å². The third-order valence-electron chi connectivity index (χ3n) is 2.96. The second-order valence-corrected chi connectivity index (χ2v) is 4.14. The Morgan fingerprint density at radius 1 is 1.43 bits per heavy atom. The quantitative estimate of drug-likeness (QED) is 0.720. The van der Waals surface area contributed by atoms with Crippen LogP contribution in [-0.2, 0) is 4.79 Å². The zero-order chi connectivity index (χ0) is 10.4. The largest absolute Gasteiger partial charge is 0.391 e. The lowest BCUT2D eigenvalue weighted by atomic mass is 9.88. The maximum Gasteiger partial charge on any atom is 0.223 e. The average molecular weight is 199 g/mol. The van der Waals surface area contributed by atoms with Gasteiger partial charge in [-0.1, -0.05) is 26.2 Å². The number of rotatable bonds is 4. The average Bonchev–Trinajstić information content (AvgIpc) is 2.26. The Morgan fingerprint density at radius 2 is 2.07 bits per heavy atom. The first-order chi connectivity index (χ1) is 6.74. The van der Waals surface area contributed by atoms with Crippen molar-refractivity contribution >= 4 is 5.91 Å². The molecule has 1 amide bonds. The van der Waals surface area contributed by atoms with Crippen LogP contribution < -0.4 is 5.32 Å². The Kier molecular flexibility index (Phi) is 4.94. The smallest absolute Gasteiger partial charge is 0.223 e. The van der Waals surface area contributed by atoms with Gasteiger partial charge in [-0.05, 0) is 19.3 Å². The molecule has 1 fully saturated rings. The summed E-state index contributed by atoms with van der Waals surface area (Å²) in [5, 5.41) is 12.1. The number of carbonyl (C=O) groups excluding carboxylic acids is 1. The molecule has 14 heavy (non-hydrogen) atoms. The van der Waals surface area contributed by atoms with Gasteiger partial charge in [-0.25, -0.2) is 0 Å². The molecule has 0 aromatic heterocycles. The van der Waals surface area contributed by atoms with E-state index in [0.29, 0.717) is 13.0 Å². The lowest BCUT2D eigenvalue weighted by Crippen LogP contribution is -2.36. The van der Waals surface area contributed by atoms with Crippen molar-refractivity contribution in [3.8, 4) is 0 Å². The minimum Gasteiger partial charge on any atom is -0.391 e. The van der Waals surface area contributed by atoms with Crippen LogP contribution in [0.2, 0.25) is 0 Å². The standard InChI is InChI=1S/C11H21NO2/c1-2-10(13)8-12-11(14)9-6-4-3-5-7-9/h9-10,13H,2-8H2,1H3,(H,12,14). The van der Waals surface area contributed by atoms with Crippen molar-refractivity contribution in [3.05, 3.63) is 0 Å². The molecular formula is C11H21NO2. The molecule has 2 N–H and O–H groups in total. The molecule has 1 atom stereocenters. The number of aliphatic hydroxyl groups excluding tert-OH is 1. The van der Waals surface area contributed by atoms with Gasteiger partial charge in [0.25, 0.3) is 0 Å². The Morgan fingerprint density at radius 3 is 2.64 bits per heavy atom. The van der Waals surface area contributed by atoms with Crippen LogP contribution in [0.1, 0.15) is 45.4 Å². The van der Waals surface area contributed by atoms with Crippen LogP contribution in [0, 0.1) is 5.92 Å². The summed E-state index contributed by atoms with van der Waals surface area (Å²) >= 11 is 0. The zero-order valence-electron chi connectivity index (χ0n) is 8.96. The summed E-state index contributed by atoms with van der Waals surface area (Å²) in [7, 11) is 0. The Bertz CT molecular complexity index is 176. The van der Waals surface area contributed by atoms with Crippen LogP contribution in [0.4, 0.5) is 0 Å². The molecule has 1 aliphatic carbocycles. The number of hydrogen-bond acceptors (Lipinski definition) is 2. The molecule has 3 heteroatoms. The van der Waals surface area contributed by atoms with Gasteiger partial charge in [0, 0.05) is 12.5 Å². The summed E-state index contributed by atoms with van der Waals surface area (Å²) in [6, 6.07) is 0. The highest BCUT2D eigenvalue weighted by Gasteiger charge is 2.20. The van der Waals surface area contributed by atoms with Crippen molar-refractivity contribution in [2.45, 2.75) is 51.6 Å². The van der Waals surface area contributed by atoms with Gasteiger partial charge in [0.05, 0.1) is 6.10 Å². The van der Waals surface area contributed by atoms with E-state index < -0.39 is 0 Å². The summed E-state index contributed by atoms with van der Waals surface area (Å²) in [6.07, 6.45) is 5.97. The zero-order valence-corrected chi connectivity index (χ0v) is 8.96. The molecule has 0 aromatic rings. The summed E-state index contributed by atoms with van der Waals surface area (Å²) < 4.78 is 0. The highest BCUT2D eigenvalue weighted by atomic mass is 16.3. The SMILES string of the molecule is CCC(O)CNC(=O)C1CCCCC1. The van der Waals surface area contributed by atoms with E-state index in [1.165, 1.54) is 19.3 Å². The maximum absolute atomic E-state index is 11.6. The van der Waals surface area contributed by atoms with Gasteiger partial charge >= 0.3 is 0 Å². The molecule has 3 nitrogen and oxygen atoms in total. The van der Waals surface area contributed by atoms with E-state index in [9.17, 15) is 9.90 Å². The van der Waals surface area contributed by atoms with Crippen LogP contribution in [-0.4, -0.2) is 23.7 Å². The molecule has 0 aromatic carbocycles. The van der Waals surface area contributed by atoms with Gasteiger partial charge in [-0.3, -0.25) is 4.79 Å². The number of hydrogen-bond donors (Lipinski definition) is 2. The predicted octanol–water partition coefficient (Wildman–Crippen LogP) is 1.45. The van der Waals surface area contributed by atoms with Gasteiger partial charge < -0.3 is 10.4 Å². The lowest BCUT2D eigenvalue weighted by Gasteiger charge is -2.21. The number of nitrogens with one attached hydrogen (secondary N) is 1. The fourth-order valence-electron chi connectivity index (χ4n) is 1.87. The van der Waals surface area contributed by atoms with Crippen molar-refractivity contribution in [1.82, 2.24) is 5.32 Å². The fourth-order valence-corrected chi connectivity index (χ4v) is 1.87. The Balaban J connectivity index is 2.19. The van der Waals surface area contributed by atoms with Gasteiger partial charge in [0.2, 0.25) is 5.91 Å². The molecule has 1 saturated carbocycles. The van der Waals surface area contributed by atoms with Crippen molar-refractivity contribution in [3.63, 3.8) is 0 Å². The second-order valence-electron chi connectivity index (χ2n) is 4.14. The molecule has 0 aliphatic heterocycles. The molecule has 0 heterocycles. The van der Waals surface area contributed by atoms with E-state index in [-0.39, 0.29) is 17.9 Å². The van der Waals surface area contributed by atoms with Gasteiger partial charge in [0.15, 0.2) is 0 Å². The van der Waals surface area contributed by atoms with Crippen LogP contribution in [0.3, 0.4) is 0 Å². The van der Waals surface area contributed by atoms with Gasteiger partial charge in [-0.15, -0.1) is 0 Å². The van der Waals surface area contributed by atoms with Crippen molar-refractivity contribution in [2.75, 3.05) is 6.54 Å². The Hall–Kier alpha value is -0.570. The fraction of sp³-hybridized carbons (Fsp3) is 0.909. The molecule has 1 rings (SSSR count). The van der Waals surface area contributed by atoms with Crippen LogP contribution >= 0.6 is 0 Å². The van der Waals surface area contributed by atoms with Crippen molar-refractivity contribution in [1.29, 1.82) is 0 Å². The number of aliphatic hydroxyl groups is 1. The van der Waals surface area contributed by atoms with E-state index in [2.05, 4.69) is 5.32 Å². The molecule has 0 spiro atoms. The molecule has 1 aliphatic rings. The normalized spacial score (nSPS) is 20.4. The third kappa shape index (κ3) is 3.66. The Labute approximate surface area is 85.9 Å². The molecule has 0 saturated heterocycles. The second kappa shape index (κ2) is 6.02. The summed E-state index contributed by atoms with van der Waals surface area (Å²) in [5.74, 6) is 0.338. The van der Waals surface area contributed by atoms with E-state index >= 15 is 0 Å². The first-order valence-corrected chi connectivity index (χ1v) is 5.69. The van der Waals surface area contributed by atoms with Crippen molar-refractivity contribution in [2.24, 2.45) is 5.92 Å². The van der Waals surface area contributed by atoms with Crippen LogP contribution in [0.15, 0.2) is 0 Å². The first-order valence-electron chi connectivity index (χ1n) is 5.69. The topological polar surface area (TPSA) is 49.3 Å². The maximum atomic E-state index is 11.6. The molecular weight excluding hydrogens is 178 g/mol. The predicted molar refractivity (Wildman–Crippen MR) is 55.9 cm³/mol. The minimum atomic E-state index is -0.387. The molecule has 82 valence electrons. The summed E-state index contributed by atoms with van der Waals surface area (Å²) in [4.78, 5) is 11.6. The highest BCUT2D eigenvalue weighted by Crippen LogP contribution is 2.23. The molecule has 1 unspecified atom stereocenters. The summed E-state index contributed by atoms with van der Waals surface area (Å²) in [6.45, 7) is 2.32. The number of carbonyl (C=O) groups is 1. The highest BCUT2D eigenvalue weighted by molar-refractivity contribution is 5.78. The van der Waals surface area contributed by atoms with E-state index in [1.807, 2.05) is 6.92 Å². The third-order valence-corrected chi connectivity index (χ3v) is 2.96. The van der Waals surface area contributed by atoms with Crippen LogP contribution in [0.25, 0.3) is 0 Å². The lowest BCUT2D eigenvalue weighted by molar-refractivity contribution is -0.126. The van der Waals surface area contributed by atoms with Crippen molar-refractivity contribution < 1.29 is 9.90 Å². The molecule has 0 radical (unpaired) electrons. The van der Waals surface area contributed by atoms with E-state index in [4.69, 9.17) is 0 Å². The minimum absolute atomic E-state index is 0.136. The number of amides is 1. The van der Waals surface area contributed by atoms with Gasteiger partial charge in [0.1, 0.15) is 0 Å².